The van der Waals surface area contributed by atoms with Crippen LogP contribution >= 0.6 is 0 Å². The third-order valence-corrected chi connectivity index (χ3v) is 3.96. The van der Waals surface area contributed by atoms with Crippen LogP contribution < -0.4 is 0 Å². The molecule has 0 saturated carbocycles. The highest BCUT2D eigenvalue weighted by Gasteiger charge is 2.08. The van der Waals surface area contributed by atoms with Crippen LogP contribution in [0.2, 0.25) is 0 Å². The van der Waals surface area contributed by atoms with Gasteiger partial charge in [0.15, 0.2) is 0 Å². The molecule has 0 aromatic heterocycles. The molecule has 0 radical (unpaired) electrons. The Morgan fingerprint density at radius 2 is 1.65 bits per heavy atom. The summed E-state index contributed by atoms with van der Waals surface area (Å²) in [5, 5.41) is 10.1. The van der Waals surface area contributed by atoms with Crippen LogP contribution in [0, 0.1) is 0 Å². The number of allylic oxidation sites excluding steroid dienone is 3. The largest absolute Gasteiger partial charge is 0.508 e. The van der Waals surface area contributed by atoms with Gasteiger partial charge in [-0.15, -0.1) is 0 Å². The molecule has 0 atom stereocenters. The summed E-state index contributed by atoms with van der Waals surface area (Å²) in [5.41, 5.74) is 1.70. The molecule has 0 fully saturated rings. The molecule has 0 aliphatic heterocycles. The van der Waals surface area contributed by atoms with E-state index in [1.54, 1.807) is 6.92 Å². The first-order valence-electron chi connectivity index (χ1n) is 8.46. The number of aliphatic hydroxyl groups is 1. The van der Waals surface area contributed by atoms with Gasteiger partial charge in [0.1, 0.15) is 17.8 Å². The molecule has 130 valence electrons. The second-order valence-electron chi connectivity index (χ2n) is 5.82. The predicted molar refractivity (Wildman–Crippen MR) is 97.4 cm³/mol. The summed E-state index contributed by atoms with van der Waals surface area (Å²) in [5.74, 6) is 0.445. The number of hydrogen-bond donors (Lipinski definition) is 1. The van der Waals surface area contributed by atoms with Crippen molar-refractivity contribution in [3.8, 4) is 0 Å². The Kier molecular flexibility index (Phi) is 11.8. The van der Waals surface area contributed by atoms with E-state index in [1.165, 1.54) is 45.3 Å². The number of hydrogen-bond acceptors (Lipinski definition) is 3. The standard InChI is InChI=1S/C20H32O3/c1-6-7-8-9-10-11-12-13-19(15-21)14-20(22)17(3)16(2)18(4)23-5/h14-15,22H,2,4,6-13H2,1,3,5H3/b19-14+,20-17-. The van der Waals surface area contributed by atoms with Gasteiger partial charge >= 0.3 is 0 Å². The third kappa shape index (κ3) is 9.07. The fraction of sp³-hybridized carbons (Fsp3) is 0.550. The maximum atomic E-state index is 11.2. The smallest absolute Gasteiger partial charge is 0.146 e. The summed E-state index contributed by atoms with van der Waals surface area (Å²) in [6.07, 6.45) is 11.4. The van der Waals surface area contributed by atoms with E-state index < -0.39 is 0 Å². The maximum absolute atomic E-state index is 11.2. The molecule has 23 heavy (non-hydrogen) atoms. The van der Waals surface area contributed by atoms with Crippen LogP contribution in [0.1, 0.15) is 65.2 Å². The normalized spacial score (nSPS) is 12.6. The Hall–Kier alpha value is -1.77. The van der Waals surface area contributed by atoms with Crippen molar-refractivity contribution >= 4 is 6.29 Å². The Morgan fingerprint density at radius 3 is 2.17 bits per heavy atom. The molecule has 0 aromatic rings. The van der Waals surface area contributed by atoms with Gasteiger partial charge in [0.05, 0.1) is 7.11 Å². The zero-order valence-corrected chi connectivity index (χ0v) is 15.0. The fourth-order valence-corrected chi connectivity index (χ4v) is 2.22. The van der Waals surface area contributed by atoms with Gasteiger partial charge in [-0.05, 0) is 31.4 Å². The lowest BCUT2D eigenvalue weighted by atomic mass is 10.0. The van der Waals surface area contributed by atoms with Crippen LogP contribution in [-0.4, -0.2) is 18.5 Å². The number of methoxy groups -OCH3 is 1. The molecular formula is C20H32O3. The van der Waals surface area contributed by atoms with E-state index in [2.05, 4.69) is 20.1 Å². The molecule has 0 heterocycles. The zero-order valence-electron chi connectivity index (χ0n) is 15.0. The van der Waals surface area contributed by atoms with Gasteiger partial charge in [0.2, 0.25) is 0 Å². The number of rotatable bonds is 13. The topological polar surface area (TPSA) is 46.5 Å². The lowest BCUT2D eigenvalue weighted by Gasteiger charge is -2.10. The third-order valence-electron chi connectivity index (χ3n) is 3.96. The molecule has 0 rings (SSSR count). The number of unbranched alkanes of at least 4 members (excludes halogenated alkanes) is 6. The van der Waals surface area contributed by atoms with Crippen LogP contribution in [0.25, 0.3) is 0 Å². The van der Waals surface area contributed by atoms with E-state index in [4.69, 9.17) is 4.74 Å². The fourth-order valence-electron chi connectivity index (χ4n) is 2.22. The van der Waals surface area contributed by atoms with Crippen molar-refractivity contribution < 1.29 is 14.6 Å². The average molecular weight is 320 g/mol. The average Bonchev–Trinajstić information content (AvgIpc) is 2.57. The van der Waals surface area contributed by atoms with Crippen molar-refractivity contribution in [3.05, 3.63) is 47.5 Å². The molecule has 0 amide bonds. The Bertz CT molecular complexity index is 456. The molecule has 0 aromatic carbocycles. The summed E-state index contributed by atoms with van der Waals surface area (Å²) in [4.78, 5) is 11.2. The summed E-state index contributed by atoms with van der Waals surface area (Å²) >= 11 is 0. The Labute approximate surface area is 141 Å². The van der Waals surface area contributed by atoms with E-state index in [1.807, 2.05) is 0 Å². The van der Waals surface area contributed by atoms with E-state index in [9.17, 15) is 9.90 Å². The molecule has 3 heteroatoms. The number of aldehydes is 1. The van der Waals surface area contributed by atoms with Crippen LogP contribution in [0.3, 0.4) is 0 Å². The number of carbonyl (C=O) groups excluding carboxylic acids is 1. The lowest BCUT2D eigenvalue weighted by molar-refractivity contribution is -0.105. The molecule has 0 bridgehead atoms. The van der Waals surface area contributed by atoms with Crippen molar-refractivity contribution in [2.75, 3.05) is 7.11 Å². The second-order valence-corrected chi connectivity index (χ2v) is 5.82. The summed E-state index contributed by atoms with van der Waals surface area (Å²) in [6, 6.07) is 0. The van der Waals surface area contributed by atoms with Crippen molar-refractivity contribution in [1.29, 1.82) is 0 Å². The number of aliphatic hydroxyl groups excluding tert-OH is 1. The van der Waals surface area contributed by atoms with Gasteiger partial charge in [-0.1, -0.05) is 58.6 Å². The summed E-state index contributed by atoms with van der Waals surface area (Å²) in [7, 11) is 1.51. The lowest BCUT2D eigenvalue weighted by Crippen LogP contribution is -1.96. The summed E-state index contributed by atoms with van der Waals surface area (Å²) in [6.45, 7) is 11.5. The van der Waals surface area contributed by atoms with Crippen molar-refractivity contribution in [2.45, 2.75) is 65.2 Å². The molecule has 0 spiro atoms. The maximum Gasteiger partial charge on any atom is 0.146 e. The SMILES string of the molecule is C=C(OC)C(=C)/C(C)=C(O)/C=C(/C=O)CCCCCCCCC. The van der Waals surface area contributed by atoms with Gasteiger partial charge < -0.3 is 9.84 Å². The Morgan fingerprint density at radius 1 is 1.09 bits per heavy atom. The van der Waals surface area contributed by atoms with E-state index in [-0.39, 0.29) is 5.76 Å². The molecule has 0 unspecified atom stereocenters. The second kappa shape index (κ2) is 12.7. The monoisotopic (exact) mass is 320 g/mol. The van der Waals surface area contributed by atoms with Gasteiger partial charge in [0.25, 0.3) is 0 Å². The first kappa shape index (κ1) is 21.2. The molecule has 0 aliphatic rings. The molecular weight excluding hydrogens is 288 g/mol. The predicted octanol–water partition coefficient (Wildman–Crippen LogP) is 5.80. The molecule has 1 N–H and O–H groups in total. The highest BCUT2D eigenvalue weighted by molar-refractivity contribution is 5.74. The highest BCUT2D eigenvalue weighted by Crippen LogP contribution is 2.20. The number of ether oxygens (including phenoxy) is 1. The molecule has 0 saturated heterocycles. The first-order chi connectivity index (χ1) is 11.0. The van der Waals surface area contributed by atoms with Gasteiger partial charge in [-0.25, -0.2) is 0 Å². The quantitative estimate of drug-likeness (QED) is 0.153. The zero-order chi connectivity index (χ0) is 17.7. The molecule has 0 aliphatic carbocycles. The first-order valence-corrected chi connectivity index (χ1v) is 8.46. The van der Waals surface area contributed by atoms with Crippen molar-refractivity contribution in [2.24, 2.45) is 0 Å². The molecule has 3 nitrogen and oxygen atoms in total. The van der Waals surface area contributed by atoms with E-state index >= 15 is 0 Å². The van der Waals surface area contributed by atoms with Crippen LogP contribution in [0.4, 0.5) is 0 Å². The van der Waals surface area contributed by atoms with E-state index in [0.717, 1.165) is 19.1 Å². The van der Waals surface area contributed by atoms with Gasteiger partial charge in [-0.3, -0.25) is 4.79 Å². The minimum atomic E-state index is 0.0400. The van der Waals surface area contributed by atoms with Crippen molar-refractivity contribution in [3.63, 3.8) is 0 Å². The minimum absolute atomic E-state index is 0.0400. The van der Waals surface area contributed by atoms with Gasteiger partial charge in [-0.2, -0.15) is 0 Å². The Balaban J connectivity index is 4.47. The van der Waals surface area contributed by atoms with Crippen LogP contribution in [0.15, 0.2) is 47.5 Å². The van der Waals surface area contributed by atoms with Gasteiger partial charge in [0, 0.05) is 11.1 Å². The number of carbonyl (C=O) groups is 1. The summed E-state index contributed by atoms with van der Waals surface area (Å²) < 4.78 is 5.00. The van der Waals surface area contributed by atoms with Crippen LogP contribution in [-0.2, 0) is 9.53 Å². The van der Waals surface area contributed by atoms with E-state index in [0.29, 0.717) is 28.9 Å². The minimum Gasteiger partial charge on any atom is -0.508 e. The highest BCUT2D eigenvalue weighted by atomic mass is 16.5. The van der Waals surface area contributed by atoms with Crippen LogP contribution in [0.5, 0.6) is 0 Å². The van der Waals surface area contributed by atoms with Crippen molar-refractivity contribution in [1.82, 2.24) is 0 Å².